The number of aromatic nitrogens is 2. The molecule has 0 saturated carbocycles. The smallest absolute Gasteiger partial charge is 0.257 e. The summed E-state index contributed by atoms with van der Waals surface area (Å²) in [4.78, 5) is 17.9. The van der Waals surface area contributed by atoms with Crippen molar-refractivity contribution in [2.24, 2.45) is 0 Å². The number of carbonyl (C=O) groups is 1. The predicted molar refractivity (Wildman–Crippen MR) is 125 cm³/mol. The molecule has 0 atom stereocenters. The first-order valence-corrected chi connectivity index (χ1v) is 10.9. The number of methoxy groups -OCH3 is 2. The Bertz CT molecular complexity index is 1070. The van der Waals surface area contributed by atoms with Gasteiger partial charge in [-0.1, -0.05) is 18.2 Å². The minimum atomic E-state index is 0.000345. The molecular formula is C25H30N4O3. The van der Waals surface area contributed by atoms with Crippen LogP contribution < -0.4 is 9.47 Å². The van der Waals surface area contributed by atoms with Crippen LogP contribution in [-0.4, -0.2) is 71.9 Å². The second-order valence-corrected chi connectivity index (χ2v) is 8.16. The molecule has 1 saturated heterocycles. The van der Waals surface area contributed by atoms with Crippen LogP contribution in [0, 0.1) is 0 Å². The molecule has 0 N–H and O–H groups in total. The van der Waals surface area contributed by atoms with E-state index in [9.17, 15) is 4.79 Å². The van der Waals surface area contributed by atoms with E-state index >= 15 is 0 Å². The molecule has 0 spiro atoms. The van der Waals surface area contributed by atoms with Crippen molar-refractivity contribution >= 4 is 5.91 Å². The van der Waals surface area contributed by atoms with E-state index < -0.39 is 0 Å². The third-order valence-corrected chi connectivity index (χ3v) is 5.95. The van der Waals surface area contributed by atoms with E-state index in [4.69, 9.17) is 14.6 Å². The summed E-state index contributed by atoms with van der Waals surface area (Å²) in [7, 11) is 3.21. The molecule has 1 aliphatic heterocycles. The van der Waals surface area contributed by atoms with E-state index in [0.29, 0.717) is 41.9 Å². The Morgan fingerprint density at radius 2 is 1.62 bits per heavy atom. The lowest BCUT2D eigenvalue weighted by Crippen LogP contribution is -2.50. The molecule has 0 radical (unpaired) electrons. The summed E-state index contributed by atoms with van der Waals surface area (Å²) in [5.74, 6) is 1.24. The third-order valence-electron chi connectivity index (χ3n) is 5.95. The molecule has 3 aromatic rings. The Hall–Kier alpha value is -3.32. The third kappa shape index (κ3) is 4.34. The highest BCUT2D eigenvalue weighted by molar-refractivity contribution is 6.00. The summed E-state index contributed by atoms with van der Waals surface area (Å²) < 4.78 is 12.6. The number of ether oxygens (including phenoxy) is 2. The Balaban J connectivity index is 1.73. The molecule has 4 rings (SSSR count). The van der Waals surface area contributed by atoms with Gasteiger partial charge in [0.1, 0.15) is 5.69 Å². The van der Waals surface area contributed by atoms with Gasteiger partial charge in [0.25, 0.3) is 5.91 Å². The highest BCUT2D eigenvalue weighted by Crippen LogP contribution is 2.34. The van der Waals surface area contributed by atoms with Crippen LogP contribution in [0.5, 0.6) is 11.5 Å². The van der Waals surface area contributed by atoms with Gasteiger partial charge >= 0.3 is 0 Å². The summed E-state index contributed by atoms with van der Waals surface area (Å²) in [6.07, 6.45) is 1.83. The minimum Gasteiger partial charge on any atom is -0.493 e. The number of hydrogen-bond acceptors (Lipinski definition) is 5. The number of rotatable bonds is 6. The molecule has 2 heterocycles. The number of piperazine rings is 1. The molecule has 1 aliphatic rings. The zero-order chi connectivity index (χ0) is 22.7. The SMILES string of the molecule is COc1ccc(-c2nn(-c3ccccc3)cc2C(=O)N2CCN(C(C)C)CC2)cc1OC. The van der Waals surface area contributed by atoms with Gasteiger partial charge in [-0.15, -0.1) is 0 Å². The fraction of sp³-hybridized carbons (Fsp3) is 0.360. The number of para-hydroxylation sites is 1. The zero-order valence-corrected chi connectivity index (χ0v) is 19.1. The average molecular weight is 435 g/mol. The molecule has 1 aromatic heterocycles. The van der Waals surface area contributed by atoms with Crippen molar-refractivity contribution in [3.63, 3.8) is 0 Å². The molecule has 32 heavy (non-hydrogen) atoms. The molecule has 0 unspecified atom stereocenters. The van der Waals surface area contributed by atoms with Gasteiger partial charge in [0.2, 0.25) is 0 Å². The molecule has 2 aromatic carbocycles. The quantitative estimate of drug-likeness (QED) is 0.592. The molecule has 1 amide bonds. The lowest BCUT2D eigenvalue weighted by molar-refractivity contribution is 0.0596. The van der Waals surface area contributed by atoms with Gasteiger partial charge in [-0.2, -0.15) is 5.10 Å². The lowest BCUT2D eigenvalue weighted by atomic mass is 10.1. The molecule has 7 heteroatoms. The van der Waals surface area contributed by atoms with Crippen LogP contribution in [0.25, 0.3) is 16.9 Å². The van der Waals surface area contributed by atoms with Crippen LogP contribution in [0.3, 0.4) is 0 Å². The van der Waals surface area contributed by atoms with Crippen molar-refractivity contribution in [1.29, 1.82) is 0 Å². The monoisotopic (exact) mass is 434 g/mol. The summed E-state index contributed by atoms with van der Waals surface area (Å²) in [5.41, 5.74) is 2.92. The first-order chi connectivity index (χ1) is 15.5. The average Bonchev–Trinajstić information content (AvgIpc) is 3.29. The van der Waals surface area contributed by atoms with E-state index in [-0.39, 0.29) is 5.91 Å². The Morgan fingerprint density at radius 3 is 2.25 bits per heavy atom. The molecule has 7 nitrogen and oxygen atoms in total. The van der Waals surface area contributed by atoms with Crippen LogP contribution in [0.15, 0.2) is 54.7 Å². The van der Waals surface area contributed by atoms with Gasteiger partial charge in [-0.05, 0) is 44.2 Å². The highest BCUT2D eigenvalue weighted by atomic mass is 16.5. The summed E-state index contributed by atoms with van der Waals surface area (Å²) >= 11 is 0. The van der Waals surface area contributed by atoms with Gasteiger partial charge in [-0.25, -0.2) is 4.68 Å². The highest BCUT2D eigenvalue weighted by Gasteiger charge is 2.27. The van der Waals surface area contributed by atoms with Gasteiger partial charge in [0.15, 0.2) is 11.5 Å². The van der Waals surface area contributed by atoms with Crippen LogP contribution in [0.4, 0.5) is 0 Å². The van der Waals surface area contributed by atoms with E-state index in [1.54, 1.807) is 18.9 Å². The lowest BCUT2D eigenvalue weighted by Gasteiger charge is -2.36. The predicted octanol–water partition coefficient (Wildman–Crippen LogP) is 3.72. The Labute approximate surface area is 189 Å². The number of carbonyl (C=O) groups excluding carboxylic acids is 1. The van der Waals surface area contributed by atoms with Crippen molar-refractivity contribution in [2.45, 2.75) is 19.9 Å². The number of benzene rings is 2. The van der Waals surface area contributed by atoms with Gasteiger partial charge in [0.05, 0.1) is 25.5 Å². The summed E-state index contributed by atoms with van der Waals surface area (Å²) in [6, 6.07) is 15.9. The number of hydrogen-bond donors (Lipinski definition) is 0. The van der Waals surface area contributed by atoms with Gasteiger partial charge in [0, 0.05) is 44.0 Å². The molecular weight excluding hydrogens is 404 g/mol. The maximum Gasteiger partial charge on any atom is 0.257 e. The number of nitrogens with zero attached hydrogens (tertiary/aromatic N) is 4. The number of amides is 1. The normalized spacial score (nSPS) is 14.6. The largest absolute Gasteiger partial charge is 0.493 e. The second kappa shape index (κ2) is 9.44. The summed E-state index contributed by atoms with van der Waals surface area (Å²) in [6.45, 7) is 7.55. The van der Waals surface area contributed by atoms with Gasteiger partial charge < -0.3 is 14.4 Å². The topological polar surface area (TPSA) is 59.8 Å². The van der Waals surface area contributed by atoms with E-state index in [2.05, 4.69) is 18.7 Å². The van der Waals surface area contributed by atoms with E-state index in [1.807, 2.05) is 59.6 Å². The molecule has 1 fully saturated rings. The van der Waals surface area contributed by atoms with Crippen molar-refractivity contribution in [2.75, 3.05) is 40.4 Å². The zero-order valence-electron chi connectivity index (χ0n) is 19.1. The first-order valence-electron chi connectivity index (χ1n) is 10.9. The molecule has 0 bridgehead atoms. The van der Waals surface area contributed by atoms with Crippen molar-refractivity contribution in [3.8, 4) is 28.4 Å². The second-order valence-electron chi connectivity index (χ2n) is 8.16. The maximum absolute atomic E-state index is 13.6. The van der Waals surface area contributed by atoms with E-state index in [0.717, 1.165) is 24.3 Å². The van der Waals surface area contributed by atoms with Crippen LogP contribution in [-0.2, 0) is 0 Å². The van der Waals surface area contributed by atoms with Crippen LogP contribution in [0.1, 0.15) is 24.2 Å². The Kier molecular flexibility index (Phi) is 6.46. The van der Waals surface area contributed by atoms with Crippen LogP contribution >= 0.6 is 0 Å². The fourth-order valence-electron chi connectivity index (χ4n) is 4.05. The minimum absolute atomic E-state index is 0.000345. The van der Waals surface area contributed by atoms with Crippen molar-refractivity contribution in [3.05, 3.63) is 60.3 Å². The fourth-order valence-corrected chi connectivity index (χ4v) is 4.05. The summed E-state index contributed by atoms with van der Waals surface area (Å²) in [5, 5.41) is 4.80. The van der Waals surface area contributed by atoms with Crippen LogP contribution in [0.2, 0.25) is 0 Å². The van der Waals surface area contributed by atoms with Crippen molar-refractivity contribution in [1.82, 2.24) is 19.6 Å². The Morgan fingerprint density at radius 1 is 0.938 bits per heavy atom. The first kappa shape index (κ1) is 21.9. The standard InChI is InChI=1S/C25H30N4O3/c1-18(2)27-12-14-28(15-13-27)25(30)21-17-29(20-8-6-5-7-9-20)26-24(21)19-10-11-22(31-3)23(16-19)32-4/h5-11,16-18H,12-15H2,1-4H3. The van der Waals surface area contributed by atoms with E-state index in [1.165, 1.54) is 0 Å². The van der Waals surface area contributed by atoms with Crippen molar-refractivity contribution < 1.29 is 14.3 Å². The molecule has 0 aliphatic carbocycles. The maximum atomic E-state index is 13.6. The molecule has 168 valence electrons. The van der Waals surface area contributed by atoms with Gasteiger partial charge in [-0.3, -0.25) is 9.69 Å².